The summed E-state index contributed by atoms with van der Waals surface area (Å²) in [6, 6.07) is 12.4. The number of hydrogen-bond acceptors (Lipinski definition) is 3. The molecular formula is C14H13BrN2O2. The summed E-state index contributed by atoms with van der Waals surface area (Å²) >= 11 is 3.39. The summed E-state index contributed by atoms with van der Waals surface area (Å²) in [6.07, 6.45) is 0. The van der Waals surface area contributed by atoms with Crippen LogP contribution in [0.25, 0.3) is 0 Å². The van der Waals surface area contributed by atoms with Crippen LogP contribution in [0.15, 0.2) is 46.9 Å². The summed E-state index contributed by atoms with van der Waals surface area (Å²) in [5.74, 6) is 0.205. The van der Waals surface area contributed by atoms with Crippen LogP contribution in [0.4, 0.5) is 5.69 Å². The van der Waals surface area contributed by atoms with E-state index < -0.39 is 5.91 Å². The lowest BCUT2D eigenvalue weighted by Gasteiger charge is -2.09. The highest BCUT2D eigenvalue weighted by Gasteiger charge is 2.04. The lowest BCUT2D eigenvalue weighted by molar-refractivity contribution is 0.1000. The molecule has 0 aliphatic heterocycles. The van der Waals surface area contributed by atoms with Gasteiger partial charge >= 0.3 is 0 Å². The number of rotatable bonds is 4. The Bertz CT molecular complexity index is 614. The summed E-state index contributed by atoms with van der Waals surface area (Å²) < 4.78 is 6.49. The summed E-state index contributed by atoms with van der Waals surface area (Å²) in [5, 5.41) is 0. The lowest BCUT2D eigenvalue weighted by Crippen LogP contribution is -2.11. The van der Waals surface area contributed by atoms with Crippen LogP contribution < -0.4 is 16.2 Å². The fourth-order valence-electron chi connectivity index (χ4n) is 1.61. The van der Waals surface area contributed by atoms with Gasteiger partial charge in [0, 0.05) is 17.3 Å². The zero-order chi connectivity index (χ0) is 13.8. The predicted octanol–water partition coefficient (Wildman–Crippen LogP) is 2.71. The number of halogens is 1. The zero-order valence-corrected chi connectivity index (χ0v) is 11.7. The van der Waals surface area contributed by atoms with Gasteiger partial charge in [-0.2, -0.15) is 0 Å². The van der Waals surface area contributed by atoms with Crippen molar-refractivity contribution in [1.82, 2.24) is 0 Å². The number of anilines is 1. The number of primary amides is 1. The second-order valence-corrected chi connectivity index (χ2v) is 4.90. The summed E-state index contributed by atoms with van der Waals surface area (Å²) in [4.78, 5) is 11.1. The Morgan fingerprint density at radius 2 is 2.00 bits per heavy atom. The van der Waals surface area contributed by atoms with Gasteiger partial charge in [-0.3, -0.25) is 4.79 Å². The third-order valence-electron chi connectivity index (χ3n) is 2.56. The molecule has 4 N–H and O–H groups in total. The highest BCUT2D eigenvalue weighted by Crippen LogP contribution is 2.27. The Balaban J connectivity index is 2.12. The highest BCUT2D eigenvalue weighted by atomic mass is 79.9. The number of carbonyl (C=O) groups excluding carboxylic acids is 1. The fraction of sp³-hybridized carbons (Fsp3) is 0.0714. The number of amides is 1. The molecule has 0 aliphatic carbocycles. The van der Waals surface area contributed by atoms with E-state index in [2.05, 4.69) is 15.9 Å². The molecule has 0 atom stereocenters. The van der Waals surface area contributed by atoms with E-state index in [0.29, 0.717) is 23.6 Å². The number of ether oxygens (including phenoxy) is 1. The normalized spacial score (nSPS) is 10.2. The number of benzene rings is 2. The molecular weight excluding hydrogens is 308 g/mol. The monoisotopic (exact) mass is 320 g/mol. The van der Waals surface area contributed by atoms with Crippen molar-refractivity contribution in [3.8, 4) is 5.75 Å². The van der Waals surface area contributed by atoms with Gasteiger partial charge in [-0.1, -0.05) is 12.1 Å². The first-order valence-corrected chi connectivity index (χ1v) is 6.42. The maximum absolute atomic E-state index is 11.1. The van der Waals surface area contributed by atoms with Crippen LogP contribution in [-0.4, -0.2) is 5.91 Å². The summed E-state index contributed by atoms with van der Waals surface area (Å²) in [6.45, 7) is 0.336. The van der Waals surface area contributed by atoms with E-state index in [1.165, 1.54) is 0 Å². The van der Waals surface area contributed by atoms with E-state index in [9.17, 15) is 4.79 Å². The van der Waals surface area contributed by atoms with Gasteiger partial charge in [0.1, 0.15) is 12.4 Å². The Morgan fingerprint density at radius 1 is 1.21 bits per heavy atom. The average molecular weight is 321 g/mol. The van der Waals surface area contributed by atoms with Crippen LogP contribution in [0.2, 0.25) is 0 Å². The van der Waals surface area contributed by atoms with Crippen molar-refractivity contribution in [3.63, 3.8) is 0 Å². The molecule has 4 nitrogen and oxygen atoms in total. The van der Waals surface area contributed by atoms with E-state index >= 15 is 0 Å². The standard InChI is InChI=1S/C14H13BrN2O2/c15-12-5-4-11(16)7-13(12)19-8-9-2-1-3-10(6-9)14(17)18/h1-7H,8,16H2,(H2,17,18). The topological polar surface area (TPSA) is 78.3 Å². The molecule has 2 aromatic rings. The van der Waals surface area contributed by atoms with E-state index in [1.807, 2.05) is 12.1 Å². The van der Waals surface area contributed by atoms with E-state index in [-0.39, 0.29) is 0 Å². The maximum atomic E-state index is 11.1. The molecule has 0 aromatic heterocycles. The fourth-order valence-corrected chi connectivity index (χ4v) is 1.97. The van der Waals surface area contributed by atoms with Crippen LogP contribution in [0, 0.1) is 0 Å². The highest BCUT2D eigenvalue weighted by molar-refractivity contribution is 9.10. The molecule has 0 saturated carbocycles. The molecule has 0 heterocycles. The second-order valence-electron chi connectivity index (χ2n) is 4.04. The molecule has 0 unspecified atom stereocenters. The minimum atomic E-state index is -0.452. The molecule has 0 aliphatic rings. The lowest BCUT2D eigenvalue weighted by atomic mass is 10.1. The van der Waals surface area contributed by atoms with Crippen LogP contribution >= 0.6 is 15.9 Å². The number of hydrogen-bond donors (Lipinski definition) is 2. The molecule has 2 rings (SSSR count). The Morgan fingerprint density at radius 3 is 2.74 bits per heavy atom. The molecule has 0 bridgehead atoms. The van der Waals surface area contributed by atoms with Gasteiger partial charge in [-0.25, -0.2) is 0 Å². The van der Waals surface area contributed by atoms with Gasteiger partial charge in [-0.05, 0) is 45.8 Å². The van der Waals surface area contributed by atoms with Crippen LogP contribution in [0.1, 0.15) is 15.9 Å². The molecule has 5 heteroatoms. The first kappa shape index (κ1) is 13.4. The zero-order valence-electron chi connectivity index (χ0n) is 10.1. The van der Waals surface area contributed by atoms with Gasteiger partial charge in [0.2, 0.25) is 5.91 Å². The molecule has 0 fully saturated rings. The van der Waals surface area contributed by atoms with Crippen molar-refractivity contribution >= 4 is 27.5 Å². The first-order chi connectivity index (χ1) is 9.06. The SMILES string of the molecule is NC(=O)c1cccc(COc2cc(N)ccc2Br)c1. The molecule has 1 amide bonds. The molecule has 0 spiro atoms. The second kappa shape index (κ2) is 5.75. The van der Waals surface area contributed by atoms with E-state index in [1.54, 1.807) is 30.3 Å². The van der Waals surface area contributed by atoms with Crippen molar-refractivity contribution in [2.75, 3.05) is 5.73 Å². The summed E-state index contributed by atoms with van der Waals surface area (Å²) in [7, 11) is 0. The largest absolute Gasteiger partial charge is 0.488 e. The third kappa shape index (κ3) is 3.48. The minimum Gasteiger partial charge on any atom is -0.488 e. The predicted molar refractivity (Wildman–Crippen MR) is 77.8 cm³/mol. The van der Waals surface area contributed by atoms with Crippen molar-refractivity contribution in [2.24, 2.45) is 5.73 Å². The quantitative estimate of drug-likeness (QED) is 0.850. The van der Waals surface area contributed by atoms with Gasteiger partial charge in [0.15, 0.2) is 0 Å². The Kier molecular flexibility index (Phi) is 4.06. The van der Waals surface area contributed by atoms with Crippen molar-refractivity contribution in [2.45, 2.75) is 6.61 Å². The van der Waals surface area contributed by atoms with Gasteiger partial charge in [0.25, 0.3) is 0 Å². The van der Waals surface area contributed by atoms with Crippen LogP contribution in [0.5, 0.6) is 5.75 Å². The van der Waals surface area contributed by atoms with Crippen molar-refractivity contribution in [3.05, 3.63) is 58.1 Å². The van der Waals surface area contributed by atoms with E-state index in [4.69, 9.17) is 16.2 Å². The molecule has 2 aromatic carbocycles. The van der Waals surface area contributed by atoms with Crippen molar-refractivity contribution in [1.29, 1.82) is 0 Å². The number of nitrogens with two attached hydrogens (primary N) is 2. The molecule has 98 valence electrons. The first-order valence-electron chi connectivity index (χ1n) is 5.63. The van der Waals surface area contributed by atoms with Crippen molar-refractivity contribution < 1.29 is 9.53 Å². The third-order valence-corrected chi connectivity index (χ3v) is 3.22. The van der Waals surface area contributed by atoms with Gasteiger partial charge in [0.05, 0.1) is 4.47 Å². The molecule has 0 saturated heterocycles. The maximum Gasteiger partial charge on any atom is 0.248 e. The smallest absolute Gasteiger partial charge is 0.248 e. The minimum absolute atomic E-state index is 0.336. The van der Waals surface area contributed by atoms with Gasteiger partial charge < -0.3 is 16.2 Å². The average Bonchev–Trinajstić information content (AvgIpc) is 2.40. The number of carbonyl (C=O) groups is 1. The Labute approximate surface area is 119 Å². The molecule has 19 heavy (non-hydrogen) atoms. The van der Waals surface area contributed by atoms with Crippen LogP contribution in [-0.2, 0) is 6.61 Å². The summed E-state index contributed by atoms with van der Waals surface area (Å²) in [5.41, 5.74) is 12.9. The van der Waals surface area contributed by atoms with Gasteiger partial charge in [-0.15, -0.1) is 0 Å². The van der Waals surface area contributed by atoms with Crippen LogP contribution in [0.3, 0.4) is 0 Å². The van der Waals surface area contributed by atoms with E-state index in [0.717, 1.165) is 10.0 Å². The Hall–Kier alpha value is -2.01. The molecule has 0 radical (unpaired) electrons. The number of nitrogen functional groups attached to an aromatic ring is 1.